The van der Waals surface area contributed by atoms with Crippen molar-refractivity contribution < 1.29 is 23.1 Å². The van der Waals surface area contributed by atoms with E-state index in [4.69, 9.17) is 0 Å². The standard InChI is InChI=1S/C13H8F3NO2/c14-7-2-1-3-9(4-7)17-13(19)12-10(16)5-8(15)6-11(12)18/h1-6,18H,(H,17,19). The van der Waals surface area contributed by atoms with Crippen molar-refractivity contribution in [3.63, 3.8) is 0 Å². The smallest absolute Gasteiger partial charge is 0.262 e. The lowest BCUT2D eigenvalue weighted by Crippen LogP contribution is -2.14. The molecule has 0 saturated heterocycles. The molecule has 0 radical (unpaired) electrons. The molecule has 1 amide bonds. The molecule has 0 atom stereocenters. The van der Waals surface area contributed by atoms with Gasteiger partial charge in [-0.05, 0) is 18.2 Å². The average Bonchev–Trinajstić information content (AvgIpc) is 2.27. The van der Waals surface area contributed by atoms with Gasteiger partial charge in [0.2, 0.25) is 0 Å². The summed E-state index contributed by atoms with van der Waals surface area (Å²) < 4.78 is 39.1. The number of phenols is 1. The van der Waals surface area contributed by atoms with Crippen molar-refractivity contribution in [1.29, 1.82) is 0 Å². The van der Waals surface area contributed by atoms with E-state index in [9.17, 15) is 23.1 Å². The predicted octanol–water partition coefficient (Wildman–Crippen LogP) is 3.06. The van der Waals surface area contributed by atoms with Crippen LogP contribution >= 0.6 is 0 Å². The van der Waals surface area contributed by atoms with E-state index in [1.54, 1.807) is 0 Å². The van der Waals surface area contributed by atoms with Crippen LogP contribution in [0.15, 0.2) is 36.4 Å². The number of anilines is 1. The molecule has 98 valence electrons. The van der Waals surface area contributed by atoms with Gasteiger partial charge in [-0.1, -0.05) is 6.07 Å². The first-order valence-electron chi connectivity index (χ1n) is 5.22. The highest BCUT2D eigenvalue weighted by molar-refractivity contribution is 6.06. The molecule has 19 heavy (non-hydrogen) atoms. The third-order valence-electron chi connectivity index (χ3n) is 2.34. The number of aromatic hydroxyl groups is 1. The van der Waals surface area contributed by atoms with E-state index in [0.29, 0.717) is 12.1 Å². The summed E-state index contributed by atoms with van der Waals surface area (Å²) >= 11 is 0. The Bertz CT molecular complexity index is 621. The van der Waals surface area contributed by atoms with Crippen molar-refractivity contribution in [1.82, 2.24) is 0 Å². The third kappa shape index (κ3) is 2.85. The number of carbonyl (C=O) groups is 1. The fraction of sp³-hybridized carbons (Fsp3) is 0. The van der Waals surface area contributed by atoms with Crippen LogP contribution in [0.1, 0.15) is 10.4 Å². The van der Waals surface area contributed by atoms with E-state index in [1.807, 2.05) is 0 Å². The van der Waals surface area contributed by atoms with Crippen LogP contribution in [-0.4, -0.2) is 11.0 Å². The van der Waals surface area contributed by atoms with Gasteiger partial charge in [-0.15, -0.1) is 0 Å². The van der Waals surface area contributed by atoms with Crippen LogP contribution in [0.5, 0.6) is 5.75 Å². The maximum atomic E-state index is 13.4. The van der Waals surface area contributed by atoms with Gasteiger partial charge in [-0.2, -0.15) is 0 Å². The number of carbonyl (C=O) groups excluding carboxylic acids is 1. The Kier molecular flexibility index (Phi) is 3.41. The van der Waals surface area contributed by atoms with Crippen molar-refractivity contribution in [3.8, 4) is 5.75 Å². The van der Waals surface area contributed by atoms with Crippen molar-refractivity contribution in [3.05, 3.63) is 59.4 Å². The van der Waals surface area contributed by atoms with Crippen LogP contribution in [-0.2, 0) is 0 Å². The lowest BCUT2D eigenvalue weighted by molar-refractivity contribution is 0.102. The average molecular weight is 267 g/mol. The van der Waals surface area contributed by atoms with Gasteiger partial charge in [0.15, 0.2) is 0 Å². The lowest BCUT2D eigenvalue weighted by atomic mass is 10.1. The quantitative estimate of drug-likeness (QED) is 0.878. The van der Waals surface area contributed by atoms with E-state index in [0.717, 1.165) is 6.07 Å². The molecule has 0 bridgehead atoms. The third-order valence-corrected chi connectivity index (χ3v) is 2.34. The summed E-state index contributed by atoms with van der Waals surface area (Å²) in [5, 5.41) is 11.6. The van der Waals surface area contributed by atoms with Gasteiger partial charge in [0, 0.05) is 17.8 Å². The molecule has 2 aromatic carbocycles. The summed E-state index contributed by atoms with van der Waals surface area (Å²) in [5.41, 5.74) is -0.612. The fourth-order valence-corrected chi connectivity index (χ4v) is 1.54. The molecule has 0 heterocycles. The molecule has 2 aromatic rings. The molecule has 0 saturated carbocycles. The van der Waals surface area contributed by atoms with E-state index in [1.165, 1.54) is 18.2 Å². The largest absolute Gasteiger partial charge is 0.507 e. The van der Waals surface area contributed by atoms with Gasteiger partial charge in [0.1, 0.15) is 28.8 Å². The number of amides is 1. The molecule has 0 aliphatic carbocycles. The van der Waals surface area contributed by atoms with E-state index in [2.05, 4.69) is 5.32 Å². The Hall–Kier alpha value is -2.50. The van der Waals surface area contributed by atoms with Crippen molar-refractivity contribution in [2.45, 2.75) is 0 Å². The van der Waals surface area contributed by atoms with E-state index in [-0.39, 0.29) is 5.69 Å². The Morgan fingerprint density at radius 3 is 2.42 bits per heavy atom. The number of nitrogens with one attached hydrogen (secondary N) is 1. The maximum Gasteiger partial charge on any atom is 0.262 e. The summed E-state index contributed by atoms with van der Waals surface area (Å²) in [6, 6.07) is 6.02. The molecular weight excluding hydrogens is 259 g/mol. The Labute approximate surface area is 106 Å². The summed E-state index contributed by atoms with van der Waals surface area (Å²) in [4.78, 5) is 11.7. The minimum atomic E-state index is -1.20. The molecule has 0 aromatic heterocycles. The molecule has 3 nitrogen and oxygen atoms in total. The van der Waals surface area contributed by atoms with Gasteiger partial charge in [0.05, 0.1) is 0 Å². The van der Waals surface area contributed by atoms with Crippen LogP contribution in [0.3, 0.4) is 0 Å². The highest BCUT2D eigenvalue weighted by Gasteiger charge is 2.18. The molecule has 0 aliphatic heterocycles. The number of rotatable bonds is 2. The summed E-state index contributed by atoms with van der Waals surface area (Å²) in [5.74, 6) is -4.61. The van der Waals surface area contributed by atoms with Crippen molar-refractivity contribution in [2.24, 2.45) is 0 Å². The Morgan fingerprint density at radius 2 is 1.79 bits per heavy atom. The van der Waals surface area contributed by atoms with Gasteiger partial charge in [-0.25, -0.2) is 13.2 Å². The van der Waals surface area contributed by atoms with Gasteiger partial charge in [-0.3, -0.25) is 4.79 Å². The topological polar surface area (TPSA) is 49.3 Å². The molecule has 0 spiro atoms. The first-order chi connectivity index (χ1) is 8.97. The molecule has 6 heteroatoms. The van der Waals surface area contributed by atoms with Gasteiger partial charge >= 0.3 is 0 Å². The number of hydrogen-bond acceptors (Lipinski definition) is 2. The number of hydrogen-bond donors (Lipinski definition) is 2. The summed E-state index contributed by atoms with van der Waals surface area (Å²) in [6.45, 7) is 0. The van der Waals surface area contributed by atoms with Crippen LogP contribution in [0.4, 0.5) is 18.9 Å². The van der Waals surface area contributed by atoms with Crippen LogP contribution in [0.25, 0.3) is 0 Å². The highest BCUT2D eigenvalue weighted by Crippen LogP contribution is 2.23. The van der Waals surface area contributed by atoms with Crippen LogP contribution in [0.2, 0.25) is 0 Å². The van der Waals surface area contributed by atoms with E-state index < -0.39 is 34.7 Å². The van der Waals surface area contributed by atoms with Crippen LogP contribution < -0.4 is 5.32 Å². The predicted molar refractivity (Wildman–Crippen MR) is 62.4 cm³/mol. The maximum absolute atomic E-state index is 13.4. The van der Waals surface area contributed by atoms with Crippen molar-refractivity contribution >= 4 is 11.6 Å². The molecule has 0 unspecified atom stereocenters. The highest BCUT2D eigenvalue weighted by atomic mass is 19.1. The molecule has 0 aliphatic rings. The minimum Gasteiger partial charge on any atom is -0.507 e. The van der Waals surface area contributed by atoms with Crippen LogP contribution in [0, 0.1) is 17.5 Å². The molecule has 0 fully saturated rings. The van der Waals surface area contributed by atoms with E-state index >= 15 is 0 Å². The minimum absolute atomic E-state index is 0.0909. The SMILES string of the molecule is O=C(Nc1cccc(F)c1)c1c(O)cc(F)cc1F. The second kappa shape index (κ2) is 5.01. The molecular formula is C13H8F3NO2. The Morgan fingerprint density at radius 1 is 1.05 bits per heavy atom. The summed E-state index contributed by atoms with van der Waals surface area (Å²) in [7, 11) is 0. The molecule has 2 rings (SSSR count). The number of benzene rings is 2. The second-order valence-corrected chi connectivity index (χ2v) is 3.75. The first-order valence-corrected chi connectivity index (χ1v) is 5.22. The normalized spacial score (nSPS) is 10.3. The zero-order chi connectivity index (χ0) is 14.0. The Balaban J connectivity index is 2.31. The zero-order valence-corrected chi connectivity index (χ0v) is 9.45. The molecule has 2 N–H and O–H groups in total. The lowest BCUT2D eigenvalue weighted by Gasteiger charge is -2.08. The first kappa shape index (κ1) is 12.9. The number of halogens is 3. The van der Waals surface area contributed by atoms with Gasteiger partial charge < -0.3 is 10.4 Å². The second-order valence-electron chi connectivity index (χ2n) is 3.75. The summed E-state index contributed by atoms with van der Waals surface area (Å²) in [6.07, 6.45) is 0. The monoisotopic (exact) mass is 267 g/mol. The van der Waals surface area contributed by atoms with Crippen molar-refractivity contribution in [2.75, 3.05) is 5.32 Å². The fourth-order valence-electron chi connectivity index (χ4n) is 1.54. The number of phenolic OH excluding ortho intramolecular Hbond substituents is 1. The zero-order valence-electron chi connectivity index (χ0n) is 9.45. The van der Waals surface area contributed by atoms with Gasteiger partial charge in [0.25, 0.3) is 5.91 Å².